The quantitative estimate of drug-likeness (QED) is 0.161. The number of benzene rings is 2. The van der Waals surface area contributed by atoms with Crippen LogP contribution in [0.15, 0.2) is 73.1 Å². The van der Waals surface area contributed by atoms with Crippen LogP contribution in [0.1, 0.15) is 11.1 Å². The molecule has 0 aliphatic carbocycles. The first-order chi connectivity index (χ1) is 18.8. The Morgan fingerprint density at radius 1 is 0.700 bits per heavy atom. The Morgan fingerprint density at radius 2 is 1.20 bits per heavy atom. The average Bonchev–Trinajstić information content (AvgIpc) is 3.35. The van der Waals surface area contributed by atoms with Gasteiger partial charge in [0.2, 0.25) is 0 Å². The summed E-state index contributed by atoms with van der Waals surface area (Å²) in [5.41, 5.74) is 5.36. The lowest BCUT2D eigenvalue weighted by molar-refractivity contribution is -0.275. The molecule has 0 bridgehead atoms. The van der Waals surface area contributed by atoms with Crippen LogP contribution in [0.25, 0.3) is 27.9 Å². The fraction of sp³-hybridized carbons (Fsp3) is 0.154. The zero-order valence-electron chi connectivity index (χ0n) is 20.6. The second-order valence-corrected chi connectivity index (χ2v) is 8.69. The average molecular weight is 582 g/mol. The maximum atomic E-state index is 12.1. The Balaban J connectivity index is 0.000000186. The van der Waals surface area contributed by atoms with Gasteiger partial charge in [0.15, 0.2) is 5.65 Å². The number of halogens is 7. The summed E-state index contributed by atoms with van der Waals surface area (Å²) in [6, 6.07) is 14.9. The number of aryl methyl sites for hydroxylation is 2. The molecule has 0 amide bonds. The van der Waals surface area contributed by atoms with Crippen LogP contribution in [0.4, 0.5) is 26.3 Å². The molecule has 0 aliphatic heterocycles. The number of rotatable bonds is 4. The molecule has 0 radical (unpaired) electrons. The topological polar surface area (TPSA) is 74.4 Å². The van der Waals surface area contributed by atoms with Gasteiger partial charge in [-0.2, -0.15) is 4.52 Å². The summed E-state index contributed by atoms with van der Waals surface area (Å²) in [5.74, 6) is -0.513. The van der Waals surface area contributed by atoms with Crippen molar-refractivity contribution in [2.75, 3.05) is 0 Å². The third-order valence-electron chi connectivity index (χ3n) is 5.34. The van der Waals surface area contributed by atoms with E-state index in [-0.39, 0.29) is 11.5 Å². The van der Waals surface area contributed by atoms with Crippen LogP contribution in [-0.2, 0) is 0 Å². The van der Waals surface area contributed by atoms with Gasteiger partial charge in [-0.25, -0.2) is 4.98 Å². The number of aromatic nitrogens is 5. The number of hydrogen-bond acceptors (Lipinski definition) is 6. The van der Waals surface area contributed by atoms with Crippen molar-refractivity contribution in [3.8, 4) is 33.8 Å². The minimum absolute atomic E-state index is 0.255. The standard InChI is InChI=1S/C13H9ClF3NO.C13H9F3N4O/c1-8-6-10(7-18-12(8)14)9-2-4-11(5-3-9)19-13(15,16)17;1-8-6-10(7-20-12(8)17-18-19-20)9-2-4-11(5-3-9)21-13(14,15)16/h2-7H,1H3;2-7H,1H3. The van der Waals surface area contributed by atoms with Gasteiger partial charge >= 0.3 is 12.7 Å². The lowest BCUT2D eigenvalue weighted by Gasteiger charge is -2.09. The molecule has 5 rings (SSSR count). The SMILES string of the molecule is Cc1cc(-c2ccc(OC(F)(F)F)cc2)cn2nnnc12.Cc1cc(-c2ccc(OC(F)(F)F)cc2)cnc1Cl. The first-order valence-corrected chi connectivity index (χ1v) is 11.7. The van der Waals surface area contributed by atoms with Crippen molar-refractivity contribution in [3.63, 3.8) is 0 Å². The van der Waals surface area contributed by atoms with Gasteiger partial charge in [-0.15, -0.1) is 31.4 Å². The molecule has 0 fully saturated rings. The predicted molar refractivity (Wildman–Crippen MR) is 134 cm³/mol. The maximum absolute atomic E-state index is 12.1. The van der Waals surface area contributed by atoms with Crippen LogP contribution in [0.3, 0.4) is 0 Å². The van der Waals surface area contributed by atoms with Crippen molar-refractivity contribution in [2.24, 2.45) is 0 Å². The van der Waals surface area contributed by atoms with Crippen LogP contribution < -0.4 is 9.47 Å². The Morgan fingerprint density at radius 3 is 1.70 bits per heavy atom. The van der Waals surface area contributed by atoms with Gasteiger partial charge in [-0.3, -0.25) is 0 Å². The molecule has 0 saturated carbocycles. The molecule has 0 aliphatic rings. The van der Waals surface area contributed by atoms with Crippen molar-refractivity contribution in [2.45, 2.75) is 26.6 Å². The molecular weight excluding hydrogens is 564 g/mol. The summed E-state index contributed by atoms with van der Waals surface area (Å²) in [7, 11) is 0. The first kappa shape index (κ1) is 28.6. The van der Waals surface area contributed by atoms with E-state index in [1.807, 2.05) is 19.1 Å². The monoisotopic (exact) mass is 581 g/mol. The van der Waals surface area contributed by atoms with Crippen LogP contribution in [0, 0.1) is 13.8 Å². The van der Waals surface area contributed by atoms with Crippen molar-refractivity contribution < 1.29 is 35.8 Å². The highest BCUT2D eigenvalue weighted by atomic mass is 35.5. The number of tetrazole rings is 1. The molecule has 3 aromatic heterocycles. The van der Waals surface area contributed by atoms with E-state index >= 15 is 0 Å². The van der Waals surface area contributed by atoms with E-state index in [0.717, 1.165) is 33.4 Å². The summed E-state index contributed by atoms with van der Waals surface area (Å²) in [4.78, 5) is 3.99. The highest BCUT2D eigenvalue weighted by Gasteiger charge is 2.31. The van der Waals surface area contributed by atoms with E-state index < -0.39 is 12.7 Å². The van der Waals surface area contributed by atoms with E-state index in [1.165, 1.54) is 40.9 Å². The summed E-state index contributed by atoms with van der Waals surface area (Å²) in [5, 5.41) is 11.7. The van der Waals surface area contributed by atoms with Gasteiger partial charge in [-0.1, -0.05) is 35.9 Å². The van der Waals surface area contributed by atoms with Gasteiger partial charge in [0.05, 0.1) is 0 Å². The van der Waals surface area contributed by atoms with E-state index in [1.54, 1.807) is 31.5 Å². The molecule has 5 aromatic rings. The number of ether oxygens (including phenoxy) is 2. The molecule has 14 heteroatoms. The van der Waals surface area contributed by atoms with Gasteiger partial charge in [0.1, 0.15) is 16.7 Å². The minimum atomic E-state index is -4.69. The van der Waals surface area contributed by atoms with Crippen LogP contribution in [-0.4, -0.2) is 37.7 Å². The highest BCUT2D eigenvalue weighted by Crippen LogP contribution is 2.29. The third kappa shape index (κ3) is 7.59. The molecule has 0 atom stereocenters. The lowest BCUT2D eigenvalue weighted by atomic mass is 10.1. The van der Waals surface area contributed by atoms with Crippen molar-refractivity contribution >= 4 is 17.2 Å². The summed E-state index contributed by atoms with van der Waals surface area (Å²) in [6.45, 7) is 3.66. The molecule has 0 spiro atoms. The number of pyridine rings is 2. The van der Waals surface area contributed by atoms with Crippen molar-refractivity contribution in [3.05, 3.63) is 89.3 Å². The molecule has 0 N–H and O–H groups in total. The van der Waals surface area contributed by atoms with Crippen molar-refractivity contribution in [1.82, 2.24) is 25.0 Å². The maximum Gasteiger partial charge on any atom is 0.573 e. The molecule has 0 unspecified atom stereocenters. The summed E-state index contributed by atoms with van der Waals surface area (Å²) >= 11 is 5.81. The molecule has 7 nitrogen and oxygen atoms in total. The Kier molecular flexibility index (Phi) is 8.14. The molecule has 40 heavy (non-hydrogen) atoms. The third-order valence-corrected chi connectivity index (χ3v) is 5.73. The highest BCUT2D eigenvalue weighted by molar-refractivity contribution is 6.30. The minimum Gasteiger partial charge on any atom is -0.406 e. The normalized spacial score (nSPS) is 11.6. The molecular formula is C26H18ClF6N5O2. The van der Waals surface area contributed by atoms with E-state index in [2.05, 4.69) is 30.0 Å². The van der Waals surface area contributed by atoms with Crippen LogP contribution >= 0.6 is 11.6 Å². The summed E-state index contributed by atoms with van der Waals surface area (Å²) < 4.78 is 81.5. The number of nitrogens with zero attached hydrogens (tertiary/aromatic N) is 5. The number of alkyl halides is 6. The van der Waals surface area contributed by atoms with Crippen molar-refractivity contribution in [1.29, 1.82) is 0 Å². The first-order valence-electron chi connectivity index (χ1n) is 11.3. The number of fused-ring (bicyclic) bond motifs is 1. The number of hydrogen-bond donors (Lipinski definition) is 0. The summed E-state index contributed by atoms with van der Waals surface area (Å²) in [6.07, 6.45) is -6.10. The van der Waals surface area contributed by atoms with Crippen LogP contribution in [0.5, 0.6) is 11.5 Å². The van der Waals surface area contributed by atoms with Gasteiger partial charge in [0, 0.05) is 23.5 Å². The molecule has 208 valence electrons. The van der Waals surface area contributed by atoms with E-state index in [9.17, 15) is 26.3 Å². The van der Waals surface area contributed by atoms with Gasteiger partial charge < -0.3 is 9.47 Å². The smallest absolute Gasteiger partial charge is 0.406 e. The zero-order valence-corrected chi connectivity index (χ0v) is 21.4. The predicted octanol–water partition coefficient (Wildman–Crippen LogP) is 7.61. The largest absolute Gasteiger partial charge is 0.573 e. The second kappa shape index (κ2) is 11.4. The fourth-order valence-electron chi connectivity index (χ4n) is 3.58. The Labute approximate surface area is 227 Å². The zero-order chi connectivity index (χ0) is 29.1. The second-order valence-electron chi connectivity index (χ2n) is 8.33. The van der Waals surface area contributed by atoms with E-state index in [4.69, 9.17) is 11.6 Å². The Bertz CT molecular complexity index is 1600. The molecule has 3 heterocycles. The van der Waals surface area contributed by atoms with Gasteiger partial charge in [-0.05, 0) is 82.9 Å². The van der Waals surface area contributed by atoms with E-state index in [0.29, 0.717) is 10.8 Å². The lowest BCUT2D eigenvalue weighted by Crippen LogP contribution is -2.16. The molecule has 0 saturated heterocycles. The molecule has 2 aromatic carbocycles. The fourth-order valence-corrected chi connectivity index (χ4v) is 3.68. The van der Waals surface area contributed by atoms with Crippen LogP contribution in [0.2, 0.25) is 5.15 Å². The Hall–Kier alpha value is -4.39. The van der Waals surface area contributed by atoms with Gasteiger partial charge in [0.25, 0.3) is 0 Å².